The normalized spacial score (nSPS) is 11.4. The number of phenols is 1. The lowest BCUT2D eigenvalue weighted by atomic mass is 10.2. The van der Waals surface area contributed by atoms with Gasteiger partial charge in [-0.05, 0) is 87.3 Å². The smallest absolute Gasteiger partial charge is 0.416 e. The van der Waals surface area contributed by atoms with Crippen molar-refractivity contribution in [1.82, 2.24) is 5.32 Å². The number of rotatable bonds is 9. The monoisotopic (exact) mass is 866 g/mol. The summed E-state index contributed by atoms with van der Waals surface area (Å²) in [4.78, 5) is 48.9. The van der Waals surface area contributed by atoms with Gasteiger partial charge >= 0.3 is 31.7 Å². The predicted molar refractivity (Wildman–Crippen MR) is 171 cm³/mol. The summed E-state index contributed by atoms with van der Waals surface area (Å²) in [7, 11) is -4.10. The molecule has 3 rings (SSSR count). The number of aromatic hydroxyl groups is 1. The van der Waals surface area contributed by atoms with Crippen LogP contribution in [0.1, 0.15) is 28.4 Å². The van der Waals surface area contributed by atoms with Crippen molar-refractivity contribution < 1.29 is 66.7 Å². The van der Waals surface area contributed by atoms with E-state index in [2.05, 4.69) is 37.2 Å². The molecular weight excluding hydrogens is 847 g/mol. The molecule has 0 spiro atoms. The number of carboxylic acids is 2. The van der Waals surface area contributed by atoms with Crippen LogP contribution in [-0.2, 0) is 25.1 Å². The van der Waals surface area contributed by atoms with Crippen LogP contribution in [-0.4, -0.2) is 61.9 Å². The minimum absolute atomic E-state index is 0.0246. The Morgan fingerprint density at radius 2 is 1.60 bits per heavy atom. The first-order chi connectivity index (χ1) is 22.0. The summed E-state index contributed by atoms with van der Waals surface area (Å²) < 4.78 is 59.2. The van der Waals surface area contributed by atoms with Crippen molar-refractivity contribution in [2.75, 3.05) is 12.8 Å². The van der Waals surface area contributed by atoms with Crippen molar-refractivity contribution in [1.29, 1.82) is 5.26 Å². The number of hydrogen-bond acceptors (Lipinski definition) is 9. The van der Waals surface area contributed by atoms with Gasteiger partial charge in [-0.2, -0.15) is 18.4 Å². The third-order valence-electron chi connectivity index (χ3n) is 5.02. The number of ether oxygens (including phenoxy) is 2. The van der Waals surface area contributed by atoms with Crippen LogP contribution in [0.3, 0.4) is 0 Å². The zero-order chi connectivity index (χ0) is 37.0. The first kappa shape index (κ1) is 42.6. The first-order valence-electron chi connectivity index (χ1n) is 12.4. The quantitative estimate of drug-likeness (QED) is 0.0941. The fourth-order valence-electron chi connectivity index (χ4n) is 2.82. The van der Waals surface area contributed by atoms with Gasteiger partial charge in [-0.25, -0.2) is 9.59 Å². The van der Waals surface area contributed by atoms with Gasteiger partial charge in [0.05, 0.1) is 54.6 Å². The number of aliphatic carboxylic acids is 2. The Bertz CT molecular complexity index is 1710. The topological polar surface area (TPSA) is 224 Å². The fraction of sp³-hybridized carbons (Fsp3) is 0.185. The maximum atomic E-state index is 12.7. The summed E-state index contributed by atoms with van der Waals surface area (Å²) in [6.07, 6.45) is -6.55. The molecule has 0 unspecified atom stereocenters. The van der Waals surface area contributed by atoms with Gasteiger partial charge < -0.3 is 34.6 Å². The number of carbonyl (C=O) groups is 3. The van der Waals surface area contributed by atoms with Crippen LogP contribution in [0.15, 0.2) is 57.5 Å². The average Bonchev–Trinajstić information content (AvgIpc) is 2.96. The molecule has 13 nitrogen and oxygen atoms in total. The van der Waals surface area contributed by atoms with E-state index < -0.39 is 56.2 Å². The molecule has 0 aliphatic rings. The second-order valence-corrected chi connectivity index (χ2v) is 13.0. The molecule has 0 aliphatic carbocycles. The highest BCUT2D eigenvalue weighted by Crippen LogP contribution is 2.37. The van der Waals surface area contributed by atoms with Crippen LogP contribution in [0.25, 0.3) is 0 Å². The van der Waals surface area contributed by atoms with Crippen molar-refractivity contribution in [3.8, 4) is 23.3 Å². The largest absolute Gasteiger partial charge is 0.506 e. The number of halogens is 7. The lowest BCUT2D eigenvalue weighted by molar-refractivity contribution is -0.146. The van der Waals surface area contributed by atoms with E-state index >= 15 is 0 Å². The number of carbonyl (C=O) groups excluding carboxylic acids is 1. The molecule has 3 aromatic carbocycles. The zero-order valence-corrected chi connectivity index (χ0v) is 29.4. The lowest BCUT2D eigenvalue weighted by Gasteiger charge is -2.13. The molecule has 48 heavy (non-hydrogen) atoms. The summed E-state index contributed by atoms with van der Waals surface area (Å²) >= 11 is 17.9. The second-order valence-electron chi connectivity index (χ2n) is 8.82. The van der Waals surface area contributed by atoms with E-state index in [4.69, 9.17) is 57.9 Å². The molecule has 3 aromatic rings. The molecule has 0 saturated heterocycles. The molecule has 0 heterocycles. The van der Waals surface area contributed by atoms with Crippen LogP contribution < -0.4 is 10.1 Å². The zero-order valence-electron chi connectivity index (χ0n) is 23.8. The number of esters is 1. The molecule has 6 N–H and O–H groups in total. The number of alkyl halides is 3. The highest BCUT2D eigenvalue weighted by molar-refractivity contribution is 9.11. The molecule has 0 aromatic heterocycles. The SMILES string of the molecule is C[C@H](OC(=O)c1cc(Oc2ccc(C(F)(F)F)cc2Cl)ccc1Cl)C(=O)O.N#Cc1cc(Br)c(O)c(Br)c1.O=C(O)CNCP(=O)(O)O. The van der Waals surface area contributed by atoms with Crippen LogP contribution in [0.4, 0.5) is 13.2 Å². The predicted octanol–water partition coefficient (Wildman–Crippen LogP) is 7.02. The fourth-order valence-corrected chi connectivity index (χ4v) is 4.83. The van der Waals surface area contributed by atoms with Crippen molar-refractivity contribution in [2.45, 2.75) is 19.2 Å². The molecule has 0 bridgehead atoms. The molecule has 21 heteroatoms. The Morgan fingerprint density at radius 3 is 2.06 bits per heavy atom. The number of benzene rings is 3. The molecular formula is C27H22Br2Cl2F3N2O11P. The van der Waals surface area contributed by atoms with Gasteiger partial charge in [0.1, 0.15) is 17.2 Å². The number of phenolic OH excluding ortho intramolecular Hbond substituents is 1. The number of nitriles is 1. The van der Waals surface area contributed by atoms with E-state index in [-0.39, 0.29) is 32.9 Å². The van der Waals surface area contributed by atoms with Crippen LogP contribution in [0, 0.1) is 11.3 Å². The van der Waals surface area contributed by atoms with E-state index in [1.807, 2.05) is 6.07 Å². The van der Waals surface area contributed by atoms with Crippen molar-refractivity contribution in [3.05, 3.63) is 84.2 Å². The number of nitrogens with one attached hydrogen (secondary N) is 1. The maximum absolute atomic E-state index is 12.7. The average molecular weight is 869 g/mol. The third-order valence-corrected chi connectivity index (χ3v) is 7.49. The van der Waals surface area contributed by atoms with Gasteiger partial charge in [0.25, 0.3) is 0 Å². The summed E-state index contributed by atoms with van der Waals surface area (Å²) in [6, 6.07) is 11.4. The summed E-state index contributed by atoms with van der Waals surface area (Å²) in [5, 5.41) is 36.2. The van der Waals surface area contributed by atoms with E-state index in [1.54, 1.807) is 12.1 Å². The van der Waals surface area contributed by atoms with Crippen molar-refractivity contribution in [3.63, 3.8) is 0 Å². The molecule has 0 saturated carbocycles. The van der Waals surface area contributed by atoms with Crippen LogP contribution >= 0.6 is 62.7 Å². The Balaban J connectivity index is 0.000000448. The molecule has 0 amide bonds. The van der Waals surface area contributed by atoms with E-state index in [0.29, 0.717) is 20.6 Å². The molecule has 260 valence electrons. The summed E-state index contributed by atoms with van der Waals surface area (Å²) in [5.74, 6) is -3.42. The highest BCUT2D eigenvalue weighted by atomic mass is 79.9. The molecule has 0 aliphatic heterocycles. The molecule has 0 radical (unpaired) electrons. The van der Waals surface area contributed by atoms with Crippen molar-refractivity contribution in [2.24, 2.45) is 0 Å². The second kappa shape index (κ2) is 19.0. The van der Waals surface area contributed by atoms with Gasteiger partial charge in [-0.1, -0.05) is 23.2 Å². The Morgan fingerprint density at radius 1 is 1.02 bits per heavy atom. The Kier molecular flexibility index (Phi) is 16.8. The standard InChI is InChI=1S/C17H11Cl2F3O5.C7H3Br2NO.C3H8NO5P/c1-8(15(23)24)26-16(25)11-7-10(3-4-12(11)18)27-14-5-2-9(6-13(14)19)17(20,21)22;8-5-1-4(3-10)2-6(9)7(5)11;5-3(6)1-4-2-10(7,8)9/h2-8H,1H3,(H,23,24);1-2,11H;4H,1-2H2,(H,5,6)(H2,7,8,9)/t8-;;/m0../s1. The van der Waals surface area contributed by atoms with E-state index in [0.717, 1.165) is 25.1 Å². The third kappa shape index (κ3) is 15.2. The van der Waals surface area contributed by atoms with Crippen LogP contribution in [0.5, 0.6) is 17.2 Å². The maximum Gasteiger partial charge on any atom is 0.416 e. The summed E-state index contributed by atoms with van der Waals surface area (Å²) in [6.45, 7) is 0.724. The minimum Gasteiger partial charge on any atom is -0.506 e. The lowest BCUT2D eigenvalue weighted by Crippen LogP contribution is -2.23. The van der Waals surface area contributed by atoms with Gasteiger partial charge in [0.15, 0.2) is 6.10 Å². The van der Waals surface area contributed by atoms with Gasteiger partial charge in [-0.3, -0.25) is 14.7 Å². The molecule has 0 fully saturated rings. The highest BCUT2D eigenvalue weighted by Gasteiger charge is 2.31. The van der Waals surface area contributed by atoms with Gasteiger partial charge in [0, 0.05) is 0 Å². The number of hydrogen-bond donors (Lipinski definition) is 6. The number of carboxylic acid groups (broad SMARTS) is 2. The minimum atomic E-state index is -4.56. The van der Waals surface area contributed by atoms with Gasteiger partial charge in [0.2, 0.25) is 0 Å². The number of nitrogens with zero attached hydrogens (tertiary/aromatic N) is 1. The van der Waals surface area contributed by atoms with E-state index in [1.165, 1.54) is 12.1 Å². The Hall–Kier alpha value is -3.40. The molecule has 1 atom stereocenters. The Labute approximate surface area is 296 Å². The van der Waals surface area contributed by atoms with E-state index in [9.17, 15) is 37.2 Å². The van der Waals surface area contributed by atoms with Crippen molar-refractivity contribution >= 4 is 80.6 Å². The summed E-state index contributed by atoms with van der Waals surface area (Å²) in [5.41, 5.74) is -0.616. The first-order valence-corrected chi connectivity index (χ1v) is 16.5. The van der Waals surface area contributed by atoms with Crippen LogP contribution in [0.2, 0.25) is 10.0 Å². The van der Waals surface area contributed by atoms with Gasteiger partial charge in [-0.15, -0.1) is 0 Å².